The summed E-state index contributed by atoms with van der Waals surface area (Å²) in [4.78, 5) is 12.3. The first-order chi connectivity index (χ1) is 23.2. The first-order valence-electron chi connectivity index (χ1n) is 19.3. The Morgan fingerprint density at radius 1 is 0.532 bits per heavy atom. The van der Waals surface area contributed by atoms with Crippen LogP contribution in [0.2, 0.25) is 0 Å². The highest BCUT2D eigenvalue weighted by molar-refractivity contribution is 5.76. The van der Waals surface area contributed by atoms with E-state index in [1.165, 1.54) is 57.8 Å². The fourth-order valence-electron chi connectivity index (χ4n) is 5.18. The van der Waals surface area contributed by atoms with E-state index in [0.717, 1.165) is 83.5 Å². The van der Waals surface area contributed by atoms with Crippen LogP contribution in [0.25, 0.3) is 0 Å². The van der Waals surface area contributed by atoms with Crippen LogP contribution in [0.15, 0.2) is 85.1 Å². The molecular weight excluding hydrogens is 578 g/mol. The molecule has 2 unspecified atom stereocenters. The van der Waals surface area contributed by atoms with Crippen LogP contribution in [0, 0.1) is 0 Å². The normalized spacial score (nSPS) is 14.0. The lowest BCUT2D eigenvalue weighted by molar-refractivity contribution is -0.123. The van der Waals surface area contributed by atoms with Crippen molar-refractivity contribution in [2.24, 2.45) is 0 Å². The molecule has 0 bridgehead atoms. The minimum atomic E-state index is -0.853. The summed E-state index contributed by atoms with van der Waals surface area (Å²) in [6, 6.07) is -0.639. The van der Waals surface area contributed by atoms with Gasteiger partial charge in [-0.1, -0.05) is 170 Å². The van der Waals surface area contributed by atoms with E-state index < -0.39 is 12.1 Å². The summed E-state index contributed by atoms with van der Waals surface area (Å²) in [5.74, 6) is -0.0943. The summed E-state index contributed by atoms with van der Waals surface area (Å²) in [6.07, 6.45) is 55.2. The molecule has 3 N–H and O–H groups in total. The third-order valence-corrected chi connectivity index (χ3v) is 8.13. The molecule has 4 heteroatoms. The van der Waals surface area contributed by atoms with E-state index in [2.05, 4.69) is 92.1 Å². The van der Waals surface area contributed by atoms with Gasteiger partial charge in [0, 0.05) is 6.42 Å². The van der Waals surface area contributed by atoms with Crippen molar-refractivity contribution in [1.29, 1.82) is 0 Å². The molecule has 4 nitrogen and oxygen atoms in total. The van der Waals surface area contributed by atoms with Gasteiger partial charge in [-0.15, -0.1) is 0 Å². The zero-order chi connectivity index (χ0) is 34.3. The van der Waals surface area contributed by atoms with Crippen molar-refractivity contribution in [2.75, 3.05) is 6.61 Å². The van der Waals surface area contributed by atoms with Crippen LogP contribution in [0.4, 0.5) is 0 Å². The molecule has 0 rings (SSSR count). The Kier molecular flexibility index (Phi) is 36.1. The highest BCUT2D eigenvalue weighted by atomic mass is 16.3. The molecule has 0 aromatic heterocycles. The molecule has 0 saturated carbocycles. The summed E-state index contributed by atoms with van der Waals surface area (Å²) in [6.45, 7) is 4.15. The lowest BCUT2D eigenvalue weighted by atomic mass is 10.1. The van der Waals surface area contributed by atoms with Crippen molar-refractivity contribution < 1.29 is 15.0 Å². The van der Waals surface area contributed by atoms with Gasteiger partial charge in [-0.25, -0.2) is 0 Å². The summed E-state index contributed by atoms with van der Waals surface area (Å²) in [5, 5.41) is 22.9. The van der Waals surface area contributed by atoms with Gasteiger partial charge in [0.1, 0.15) is 0 Å². The van der Waals surface area contributed by atoms with Crippen molar-refractivity contribution in [3.8, 4) is 0 Å². The molecule has 0 radical (unpaired) electrons. The van der Waals surface area contributed by atoms with Crippen LogP contribution < -0.4 is 5.32 Å². The Labute approximate surface area is 291 Å². The number of hydrogen-bond acceptors (Lipinski definition) is 3. The van der Waals surface area contributed by atoms with E-state index in [4.69, 9.17) is 0 Å². The topological polar surface area (TPSA) is 69.6 Å². The molecule has 0 spiro atoms. The molecule has 47 heavy (non-hydrogen) atoms. The maximum Gasteiger partial charge on any atom is 0.220 e. The monoisotopic (exact) mass is 652 g/mol. The number of unbranched alkanes of at least 4 members (excludes halogenated alkanes) is 14. The molecule has 0 fully saturated rings. The number of amides is 1. The molecule has 0 aliphatic rings. The maximum absolute atomic E-state index is 12.3. The van der Waals surface area contributed by atoms with Crippen LogP contribution in [0.1, 0.15) is 162 Å². The van der Waals surface area contributed by atoms with Crippen molar-refractivity contribution in [2.45, 2.75) is 174 Å². The molecule has 1 amide bonds. The number of carbonyl (C=O) groups excluding carboxylic acids is 1. The van der Waals surface area contributed by atoms with Crippen LogP contribution in [0.3, 0.4) is 0 Å². The van der Waals surface area contributed by atoms with Gasteiger partial charge in [0.25, 0.3) is 0 Å². The van der Waals surface area contributed by atoms with Crippen molar-refractivity contribution in [3.63, 3.8) is 0 Å². The number of hydrogen-bond donors (Lipinski definition) is 3. The van der Waals surface area contributed by atoms with Crippen LogP contribution in [-0.2, 0) is 4.79 Å². The molecule has 0 aliphatic carbocycles. The Hall–Kier alpha value is -2.43. The van der Waals surface area contributed by atoms with Gasteiger partial charge in [-0.2, -0.15) is 0 Å². The standard InChI is InChI=1S/C43H73NO3/c1-3-5-7-9-11-13-15-17-18-19-20-21-22-23-24-25-26-27-29-31-33-35-37-39-43(47)44-41(40-45)42(46)38-36-34-32-30-28-16-14-12-10-8-6-4-2/h5,7,11,13,17-18,20-21,23-24,26-27,36,38,41-42,45-46H,3-4,6,8-10,12,14-16,19,22,25,28-35,37,39-40H2,1-2H3,(H,44,47)/b7-5-,13-11-,18-17-,21-20-,24-23-,27-26-,38-36+. The van der Waals surface area contributed by atoms with E-state index >= 15 is 0 Å². The predicted octanol–water partition coefficient (Wildman–Crippen LogP) is 11.7. The lowest BCUT2D eigenvalue weighted by Gasteiger charge is -2.20. The van der Waals surface area contributed by atoms with Gasteiger partial charge in [-0.05, 0) is 70.6 Å². The SMILES string of the molecule is CC/C=C\C/C=C\C/C=C\C/C=C\C/C=C\C/C=C\CCCCCCC(=O)NC(CO)C(O)/C=C/CCCCCCCCCCCC. The van der Waals surface area contributed by atoms with Gasteiger partial charge < -0.3 is 15.5 Å². The molecule has 2 atom stereocenters. The second-order valence-corrected chi connectivity index (χ2v) is 12.6. The van der Waals surface area contributed by atoms with Crippen LogP contribution in [-0.4, -0.2) is 34.9 Å². The third-order valence-electron chi connectivity index (χ3n) is 8.13. The Balaban J connectivity index is 3.73. The van der Waals surface area contributed by atoms with Gasteiger partial charge in [0.15, 0.2) is 0 Å². The Morgan fingerprint density at radius 2 is 0.936 bits per heavy atom. The highest BCUT2D eigenvalue weighted by Crippen LogP contribution is 2.12. The predicted molar refractivity (Wildman–Crippen MR) is 207 cm³/mol. The average molecular weight is 652 g/mol. The van der Waals surface area contributed by atoms with E-state index in [-0.39, 0.29) is 12.5 Å². The zero-order valence-corrected chi connectivity index (χ0v) is 30.5. The van der Waals surface area contributed by atoms with Crippen molar-refractivity contribution in [1.82, 2.24) is 5.32 Å². The maximum atomic E-state index is 12.3. The number of carbonyl (C=O) groups is 1. The third kappa shape index (κ3) is 34.7. The van der Waals surface area contributed by atoms with Gasteiger partial charge in [0.2, 0.25) is 5.91 Å². The summed E-state index contributed by atoms with van der Waals surface area (Å²) in [7, 11) is 0. The summed E-state index contributed by atoms with van der Waals surface area (Å²) < 4.78 is 0. The van der Waals surface area contributed by atoms with Gasteiger partial charge >= 0.3 is 0 Å². The molecular formula is C43H73NO3. The molecule has 0 heterocycles. The zero-order valence-electron chi connectivity index (χ0n) is 30.5. The number of nitrogens with one attached hydrogen (secondary N) is 1. The minimum absolute atomic E-state index is 0.0943. The fourth-order valence-corrected chi connectivity index (χ4v) is 5.18. The van der Waals surface area contributed by atoms with E-state index in [9.17, 15) is 15.0 Å². The smallest absolute Gasteiger partial charge is 0.220 e. The van der Waals surface area contributed by atoms with Gasteiger partial charge in [0.05, 0.1) is 18.8 Å². The Bertz CT molecular complexity index is 879. The molecule has 268 valence electrons. The largest absolute Gasteiger partial charge is 0.394 e. The molecule has 0 aromatic carbocycles. The van der Waals surface area contributed by atoms with E-state index in [0.29, 0.717) is 6.42 Å². The quantitative estimate of drug-likeness (QED) is 0.0488. The second-order valence-electron chi connectivity index (χ2n) is 12.6. The fraction of sp³-hybridized carbons (Fsp3) is 0.651. The van der Waals surface area contributed by atoms with Crippen molar-refractivity contribution in [3.05, 3.63) is 85.1 Å². The number of allylic oxidation sites excluding steroid dienone is 13. The van der Waals surface area contributed by atoms with Crippen LogP contribution >= 0.6 is 0 Å². The number of aliphatic hydroxyl groups is 2. The van der Waals surface area contributed by atoms with Gasteiger partial charge in [-0.3, -0.25) is 4.79 Å². The van der Waals surface area contributed by atoms with Crippen LogP contribution in [0.5, 0.6) is 0 Å². The average Bonchev–Trinajstić information content (AvgIpc) is 3.07. The lowest BCUT2D eigenvalue weighted by Crippen LogP contribution is -2.45. The molecule has 0 aromatic rings. The molecule has 0 aliphatic heterocycles. The Morgan fingerprint density at radius 3 is 1.40 bits per heavy atom. The second kappa shape index (κ2) is 38.0. The number of aliphatic hydroxyl groups excluding tert-OH is 2. The first-order valence-corrected chi connectivity index (χ1v) is 19.3. The summed E-state index contributed by atoms with van der Waals surface area (Å²) in [5.41, 5.74) is 0. The highest BCUT2D eigenvalue weighted by Gasteiger charge is 2.17. The molecule has 0 saturated heterocycles. The van der Waals surface area contributed by atoms with Crippen molar-refractivity contribution >= 4 is 5.91 Å². The first kappa shape index (κ1) is 44.6. The van der Waals surface area contributed by atoms with E-state index in [1.807, 2.05) is 6.08 Å². The van der Waals surface area contributed by atoms with E-state index in [1.54, 1.807) is 6.08 Å². The summed E-state index contributed by atoms with van der Waals surface area (Å²) >= 11 is 0. The number of rotatable bonds is 33. The minimum Gasteiger partial charge on any atom is -0.394 e.